The maximum Gasteiger partial charge on any atom is 0.0847 e. The second kappa shape index (κ2) is 6.23. The summed E-state index contributed by atoms with van der Waals surface area (Å²) in [4.78, 5) is 0. The zero-order chi connectivity index (χ0) is 13.9. The molecule has 0 aromatic heterocycles. The second-order valence-corrected chi connectivity index (χ2v) is 5.90. The van der Waals surface area contributed by atoms with Crippen molar-refractivity contribution in [2.24, 2.45) is 5.84 Å². The Labute approximate surface area is 120 Å². The van der Waals surface area contributed by atoms with Crippen LogP contribution in [0.2, 0.25) is 5.02 Å². The number of nitrogens with two attached hydrogens (primary N) is 1. The average molecular weight is 283 g/mol. The number of nitrogens with one attached hydrogen (secondary N) is 1. The summed E-state index contributed by atoms with van der Waals surface area (Å²) in [5, 5.41) is 0.810. The van der Waals surface area contributed by atoms with E-state index in [4.69, 9.17) is 22.2 Å². The number of rotatable bonds is 5. The minimum atomic E-state index is -0.150. The lowest BCUT2D eigenvalue weighted by atomic mass is 9.87. The molecule has 106 valence electrons. The Morgan fingerprint density at radius 3 is 2.63 bits per heavy atom. The molecule has 0 saturated heterocycles. The fourth-order valence-corrected chi connectivity index (χ4v) is 3.42. The summed E-state index contributed by atoms with van der Waals surface area (Å²) in [6.07, 6.45) is 5.31. The molecule has 1 aliphatic rings. The minimum absolute atomic E-state index is 0.0974. The van der Waals surface area contributed by atoms with Crippen LogP contribution in [0.1, 0.15) is 36.8 Å². The highest BCUT2D eigenvalue weighted by Crippen LogP contribution is 2.37. The molecule has 19 heavy (non-hydrogen) atoms. The van der Waals surface area contributed by atoms with Crippen LogP contribution in [0.4, 0.5) is 0 Å². The third-order valence-electron chi connectivity index (χ3n) is 4.33. The van der Waals surface area contributed by atoms with Gasteiger partial charge in [-0.3, -0.25) is 11.3 Å². The first-order valence-corrected chi connectivity index (χ1v) is 7.25. The zero-order valence-corrected chi connectivity index (χ0v) is 12.5. The summed E-state index contributed by atoms with van der Waals surface area (Å²) >= 11 is 6.32. The molecule has 0 aliphatic heterocycles. The molecule has 0 heterocycles. The summed E-state index contributed by atoms with van der Waals surface area (Å²) in [7, 11) is 1.78. The van der Waals surface area contributed by atoms with E-state index >= 15 is 0 Å². The molecule has 1 fully saturated rings. The Balaban J connectivity index is 2.18. The molecule has 0 bridgehead atoms. The van der Waals surface area contributed by atoms with Gasteiger partial charge in [0, 0.05) is 12.1 Å². The first-order chi connectivity index (χ1) is 9.11. The van der Waals surface area contributed by atoms with Gasteiger partial charge in [-0.25, -0.2) is 0 Å². The molecule has 1 atom stereocenters. The fourth-order valence-electron chi connectivity index (χ4n) is 3.10. The van der Waals surface area contributed by atoms with E-state index in [9.17, 15) is 0 Å². The third kappa shape index (κ3) is 3.11. The molecule has 1 aromatic rings. The third-order valence-corrected chi connectivity index (χ3v) is 4.68. The largest absolute Gasteiger partial charge is 0.377 e. The van der Waals surface area contributed by atoms with Gasteiger partial charge in [-0.15, -0.1) is 0 Å². The van der Waals surface area contributed by atoms with E-state index in [-0.39, 0.29) is 11.6 Å². The highest BCUT2D eigenvalue weighted by molar-refractivity contribution is 6.31. The molecule has 1 unspecified atom stereocenters. The maximum absolute atomic E-state index is 6.32. The molecule has 2 rings (SSSR count). The summed E-state index contributed by atoms with van der Waals surface area (Å²) in [5.41, 5.74) is 5.09. The number of hydrogen-bond donors (Lipinski definition) is 2. The molecule has 3 nitrogen and oxygen atoms in total. The van der Waals surface area contributed by atoms with E-state index in [0.717, 1.165) is 29.8 Å². The monoisotopic (exact) mass is 282 g/mol. The van der Waals surface area contributed by atoms with Gasteiger partial charge in [0.25, 0.3) is 0 Å². The van der Waals surface area contributed by atoms with Crippen molar-refractivity contribution in [3.63, 3.8) is 0 Å². The summed E-state index contributed by atoms with van der Waals surface area (Å²) in [6.45, 7) is 2.04. The number of methoxy groups -OCH3 is 1. The van der Waals surface area contributed by atoms with E-state index < -0.39 is 0 Å². The Kier molecular flexibility index (Phi) is 4.85. The van der Waals surface area contributed by atoms with E-state index in [1.54, 1.807) is 7.11 Å². The molecular formula is C15H23ClN2O. The fraction of sp³-hybridized carbons (Fsp3) is 0.600. The molecule has 1 aromatic carbocycles. The zero-order valence-electron chi connectivity index (χ0n) is 11.7. The molecule has 0 spiro atoms. The number of ether oxygens (including phenoxy) is 1. The standard InChI is InChI=1S/C15H23ClN2O/c1-11-5-6-12(13(16)9-11)10-14(18-17)15(19-2)7-3-4-8-15/h5-6,9,14,18H,3-4,7-8,10,17H2,1-2H3. The molecule has 3 N–H and O–H groups in total. The topological polar surface area (TPSA) is 47.3 Å². The highest BCUT2D eigenvalue weighted by atomic mass is 35.5. The van der Waals surface area contributed by atoms with Crippen LogP contribution in [0.3, 0.4) is 0 Å². The van der Waals surface area contributed by atoms with Crippen LogP contribution in [0, 0.1) is 6.92 Å². The number of hydrogen-bond acceptors (Lipinski definition) is 3. The van der Waals surface area contributed by atoms with Crippen molar-refractivity contribution in [2.45, 2.75) is 50.7 Å². The van der Waals surface area contributed by atoms with Crippen molar-refractivity contribution in [3.8, 4) is 0 Å². The van der Waals surface area contributed by atoms with Crippen LogP contribution in [-0.4, -0.2) is 18.8 Å². The SMILES string of the molecule is COC1(C(Cc2ccc(C)cc2Cl)NN)CCCC1. The van der Waals surface area contributed by atoms with Crippen LogP contribution in [0.5, 0.6) is 0 Å². The predicted octanol–water partition coefficient (Wildman–Crippen LogP) is 2.98. The summed E-state index contributed by atoms with van der Waals surface area (Å²) in [6, 6.07) is 6.27. The van der Waals surface area contributed by atoms with Crippen LogP contribution < -0.4 is 11.3 Å². The van der Waals surface area contributed by atoms with Gasteiger partial charge in [-0.2, -0.15) is 0 Å². The van der Waals surface area contributed by atoms with Gasteiger partial charge in [-0.05, 0) is 43.4 Å². The molecule has 1 saturated carbocycles. The van der Waals surface area contributed by atoms with E-state index in [2.05, 4.69) is 17.6 Å². The van der Waals surface area contributed by atoms with Gasteiger partial charge in [0.05, 0.1) is 11.6 Å². The quantitative estimate of drug-likeness (QED) is 0.645. The maximum atomic E-state index is 6.32. The molecular weight excluding hydrogens is 260 g/mol. The van der Waals surface area contributed by atoms with Crippen molar-refractivity contribution >= 4 is 11.6 Å². The van der Waals surface area contributed by atoms with Gasteiger partial charge in [0.1, 0.15) is 0 Å². The van der Waals surface area contributed by atoms with Crippen LogP contribution in [0.25, 0.3) is 0 Å². The van der Waals surface area contributed by atoms with Gasteiger partial charge in [-0.1, -0.05) is 36.6 Å². The van der Waals surface area contributed by atoms with E-state index in [1.165, 1.54) is 18.4 Å². The Hall–Kier alpha value is -0.610. The van der Waals surface area contributed by atoms with Crippen molar-refractivity contribution in [1.29, 1.82) is 0 Å². The van der Waals surface area contributed by atoms with Crippen molar-refractivity contribution in [2.75, 3.05) is 7.11 Å². The van der Waals surface area contributed by atoms with Crippen molar-refractivity contribution in [1.82, 2.24) is 5.43 Å². The summed E-state index contributed by atoms with van der Waals surface area (Å²) in [5.74, 6) is 5.77. The van der Waals surface area contributed by atoms with Crippen LogP contribution in [0.15, 0.2) is 18.2 Å². The second-order valence-electron chi connectivity index (χ2n) is 5.49. The van der Waals surface area contributed by atoms with Crippen LogP contribution in [-0.2, 0) is 11.2 Å². The smallest absolute Gasteiger partial charge is 0.0847 e. The van der Waals surface area contributed by atoms with E-state index in [1.807, 2.05) is 13.0 Å². The number of hydrazine groups is 1. The van der Waals surface area contributed by atoms with Crippen molar-refractivity contribution in [3.05, 3.63) is 34.3 Å². The normalized spacial score (nSPS) is 19.6. The Bertz CT molecular complexity index is 430. The molecule has 1 aliphatic carbocycles. The molecule has 4 heteroatoms. The Morgan fingerprint density at radius 2 is 2.11 bits per heavy atom. The Morgan fingerprint density at radius 1 is 1.42 bits per heavy atom. The first-order valence-electron chi connectivity index (χ1n) is 6.87. The van der Waals surface area contributed by atoms with Crippen molar-refractivity contribution < 1.29 is 4.74 Å². The first kappa shape index (κ1) is 14.8. The minimum Gasteiger partial charge on any atom is -0.377 e. The van der Waals surface area contributed by atoms with E-state index in [0.29, 0.717) is 0 Å². The number of aryl methyl sites for hydroxylation is 1. The lowest BCUT2D eigenvalue weighted by Gasteiger charge is -2.36. The highest BCUT2D eigenvalue weighted by Gasteiger charge is 2.41. The molecule has 0 radical (unpaired) electrons. The average Bonchev–Trinajstić information content (AvgIpc) is 2.88. The number of halogens is 1. The van der Waals surface area contributed by atoms with Gasteiger partial charge >= 0.3 is 0 Å². The lowest BCUT2D eigenvalue weighted by molar-refractivity contribution is -0.0355. The van der Waals surface area contributed by atoms with Gasteiger partial charge in [0.15, 0.2) is 0 Å². The number of benzene rings is 1. The predicted molar refractivity (Wildman–Crippen MR) is 79.2 cm³/mol. The van der Waals surface area contributed by atoms with Gasteiger partial charge in [0.2, 0.25) is 0 Å². The summed E-state index contributed by atoms with van der Waals surface area (Å²) < 4.78 is 5.80. The lowest BCUT2D eigenvalue weighted by Crippen LogP contribution is -2.54. The van der Waals surface area contributed by atoms with Crippen LogP contribution >= 0.6 is 11.6 Å². The molecule has 0 amide bonds. The van der Waals surface area contributed by atoms with Gasteiger partial charge < -0.3 is 4.74 Å².